The second-order valence-electron chi connectivity index (χ2n) is 6.61. The smallest absolute Gasteiger partial charge is 0.413 e. The van der Waals surface area contributed by atoms with Gasteiger partial charge in [-0.1, -0.05) is 43.4 Å². The number of nitrogens with one attached hydrogen (secondary N) is 1. The topological polar surface area (TPSA) is 71.5 Å². The summed E-state index contributed by atoms with van der Waals surface area (Å²) in [6.45, 7) is 1.33. The standard InChI is InChI=1S/C17H25N3O3S/c1-23-17(22)19-16-18-13-9-10-20(11-14(13)24-16)15(21)8-7-12-5-3-2-4-6-12/h12H,2-11H2,1H3,(H,18,19,22). The fraction of sp³-hybridized carbons (Fsp3) is 0.706. The zero-order valence-corrected chi connectivity index (χ0v) is 15.0. The van der Waals surface area contributed by atoms with Gasteiger partial charge in [0.25, 0.3) is 0 Å². The summed E-state index contributed by atoms with van der Waals surface area (Å²) in [7, 11) is 1.33. The molecule has 7 heteroatoms. The summed E-state index contributed by atoms with van der Waals surface area (Å²) < 4.78 is 4.59. The molecule has 1 saturated carbocycles. The molecule has 1 N–H and O–H groups in total. The van der Waals surface area contributed by atoms with E-state index in [1.165, 1.54) is 50.6 Å². The molecule has 0 spiro atoms. The number of methoxy groups -OCH3 is 1. The first-order valence-electron chi connectivity index (χ1n) is 8.77. The first kappa shape index (κ1) is 17.2. The highest BCUT2D eigenvalue weighted by Gasteiger charge is 2.25. The van der Waals surface area contributed by atoms with Crippen molar-refractivity contribution in [2.45, 2.75) is 57.9 Å². The fourth-order valence-electron chi connectivity index (χ4n) is 3.56. The van der Waals surface area contributed by atoms with E-state index in [9.17, 15) is 9.59 Å². The van der Waals surface area contributed by atoms with Crippen LogP contribution in [0.15, 0.2) is 0 Å². The molecule has 2 aliphatic rings. The lowest BCUT2D eigenvalue weighted by atomic mass is 9.86. The van der Waals surface area contributed by atoms with Crippen LogP contribution in [-0.4, -0.2) is 35.5 Å². The van der Waals surface area contributed by atoms with Crippen LogP contribution in [0.25, 0.3) is 0 Å². The second kappa shape index (κ2) is 7.96. The Morgan fingerprint density at radius 3 is 2.88 bits per heavy atom. The molecule has 6 nitrogen and oxygen atoms in total. The van der Waals surface area contributed by atoms with E-state index >= 15 is 0 Å². The zero-order chi connectivity index (χ0) is 16.9. The Morgan fingerprint density at radius 1 is 1.33 bits per heavy atom. The summed E-state index contributed by atoms with van der Waals surface area (Å²) in [5.74, 6) is 0.990. The second-order valence-corrected chi connectivity index (χ2v) is 7.70. The molecule has 24 heavy (non-hydrogen) atoms. The van der Waals surface area contributed by atoms with Crippen LogP contribution in [0.2, 0.25) is 0 Å². The SMILES string of the molecule is COC(=O)Nc1nc2c(s1)CN(C(=O)CCC1CCCCC1)CC2. The van der Waals surface area contributed by atoms with Crippen LogP contribution < -0.4 is 5.32 Å². The minimum Gasteiger partial charge on any atom is -0.453 e. The number of carbonyl (C=O) groups excluding carboxylic acids is 2. The van der Waals surface area contributed by atoms with Gasteiger partial charge in [0.1, 0.15) is 0 Å². The monoisotopic (exact) mass is 351 g/mol. The van der Waals surface area contributed by atoms with Gasteiger partial charge < -0.3 is 9.64 Å². The van der Waals surface area contributed by atoms with Gasteiger partial charge in [-0.2, -0.15) is 0 Å². The molecule has 0 saturated heterocycles. The minimum atomic E-state index is -0.512. The number of anilines is 1. The Labute approximate surface area is 146 Å². The molecule has 0 radical (unpaired) electrons. The van der Waals surface area contributed by atoms with Crippen molar-refractivity contribution >= 4 is 28.5 Å². The maximum absolute atomic E-state index is 12.5. The van der Waals surface area contributed by atoms with Crippen LogP contribution in [0.4, 0.5) is 9.93 Å². The van der Waals surface area contributed by atoms with Crippen LogP contribution in [-0.2, 0) is 22.5 Å². The summed E-state index contributed by atoms with van der Waals surface area (Å²) in [6.07, 6.45) is 8.50. The summed E-state index contributed by atoms with van der Waals surface area (Å²) >= 11 is 1.43. The predicted molar refractivity (Wildman–Crippen MR) is 93.1 cm³/mol. The van der Waals surface area contributed by atoms with Crippen LogP contribution in [0.1, 0.15) is 55.5 Å². The first-order chi connectivity index (χ1) is 11.7. The van der Waals surface area contributed by atoms with Crippen molar-refractivity contribution in [3.8, 4) is 0 Å². The Bertz CT molecular complexity index is 596. The third-order valence-corrected chi connectivity index (χ3v) is 5.97. The molecule has 1 aromatic heterocycles. The van der Waals surface area contributed by atoms with Gasteiger partial charge in [0.05, 0.1) is 19.3 Å². The Hall–Kier alpha value is -1.63. The molecule has 0 unspecified atom stereocenters. The highest BCUT2D eigenvalue weighted by Crippen LogP contribution is 2.30. The van der Waals surface area contributed by atoms with E-state index in [2.05, 4.69) is 15.0 Å². The van der Waals surface area contributed by atoms with E-state index < -0.39 is 6.09 Å². The number of hydrogen-bond donors (Lipinski definition) is 1. The van der Waals surface area contributed by atoms with E-state index in [-0.39, 0.29) is 5.91 Å². The Kier molecular flexibility index (Phi) is 5.71. The van der Waals surface area contributed by atoms with Gasteiger partial charge in [-0.15, -0.1) is 0 Å². The molecule has 0 aromatic carbocycles. The largest absolute Gasteiger partial charge is 0.453 e. The highest BCUT2D eigenvalue weighted by molar-refractivity contribution is 7.15. The summed E-state index contributed by atoms with van der Waals surface area (Å²) in [6, 6.07) is 0. The van der Waals surface area contributed by atoms with Crippen LogP contribution in [0.5, 0.6) is 0 Å². The van der Waals surface area contributed by atoms with E-state index in [4.69, 9.17) is 0 Å². The molecule has 1 aliphatic heterocycles. The van der Waals surface area contributed by atoms with Crippen LogP contribution in [0.3, 0.4) is 0 Å². The number of aromatic nitrogens is 1. The van der Waals surface area contributed by atoms with Crippen molar-refractivity contribution < 1.29 is 14.3 Å². The van der Waals surface area contributed by atoms with E-state index in [0.29, 0.717) is 18.1 Å². The predicted octanol–water partition coefficient (Wildman–Crippen LogP) is 3.57. The number of amides is 2. The quantitative estimate of drug-likeness (QED) is 0.900. The van der Waals surface area contributed by atoms with Crippen LogP contribution >= 0.6 is 11.3 Å². The number of hydrogen-bond acceptors (Lipinski definition) is 5. The maximum atomic E-state index is 12.5. The lowest BCUT2D eigenvalue weighted by molar-refractivity contribution is -0.132. The van der Waals surface area contributed by atoms with E-state index in [1.54, 1.807) is 0 Å². The van der Waals surface area contributed by atoms with Crippen molar-refractivity contribution in [3.05, 3.63) is 10.6 Å². The summed E-state index contributed by atoms with van der Waals surface area (Å²) in [5, 5.41) is 3.15. The lowest BCUT2D eigenvalue weighted by Gasteiger charge is -2.27. The molecule has 0 atom stereocenters. The number of thiazole rings is 1. The Balaban J connectivity index is 1.52. The van der Waals surface area contributed by atoms with Gasteiger partial charge in [-0.05, 0) is 12.3 Å². The van der Waals surface area contributed by atoms with Gasteiger partial charge in [-0.3, -0.25) is 10.1 Å². The van der Waals surface area contributed by atoms with E-state index in [1.807, 2.05) is 4.90 Å². The zero-order valence-electron chi connectivity index (χ0n) is 14.2. The van der Waals surface area contributed by atoms with Gasteiger partial charge in [0, 0.05) is 24.3 Å². The normalized spacial score (nSPS) is 18.1. The van der Waals surface area contributed by atoms with Crippen LogP contribution in [0, 0.1) is 5.92 Å². The average molecular weight is 351 g/mol. The highest BCUT2D eigenvalue weighted by atomic mass is 32.1. The molecule has 2 amide bonds. The summed E-state index contributed by atoms with van der Waals surface area (Å²) in [4.78, 5) is 31.2. The molecular formula is C17H25N3O3S. The molecule has 2 heterocycles. The molecule has 1 aliphatic carbocycles. The number of rotatable bonds is 4. The first-order valence-corrected chi connectivity index (χ1v) is 9.58. The van der Waals surface area contributed by atoms with E-state index in [0.717, 1.165) is 35.9 Å². The van der Waals surface area contributed by atoms with Crippen molar-refractivity contribution in [1.82, 2.24) is 9.88 Å². The summed E-state index contributed by atoms with van der Waals surface area (Å²) in [5.41, 5.74) is 0.989. The number of fused-ring (bicyclic) bond motifs is 1. The molecule has 1 aromatic rings. The molecule has 1 fully saturated rings. The number of carbonyl (C=O) groups is 2. The number of ether oxygens (including phenoxy) is 1. The maximum Gasteiger partial charge on any atom is 0.413 e. The van der Waals surface area contributed by atoms with Crippen molar-refractivity contribution in [2.24, 2.45) is 5.92 Å². The van der Waals surface area contributed by atoms with Crippen molar-refractivity contribution in [2.75, 3.05) is 19.0 Å². The molecule has 0 bridgehead atoms. The van der Waals surface area contributed by atoms with Gasteiger partial charge in [0.2, 0.25) is 5.91 Å². The average Bonchev–Trinajstić information content (AvgIpc) is 3.01. The van der Waals surface area contributed by atoms with Crippen molar-refractivity contribution in [3.63, 3.8) is 0 Å². The molecule has 3 rings (SSSR count). The molecular weight excluding hydrogens is 326 g/mol. The van der Waals surface area contributed by atoms with Gasteiger partial charge in [0.15, 0.2) is 5.13 Å². The third kappa shape index (κ3) is 4.26. The third-order valence-electron chi connectivity index (χ3n) is 4.97. The molecule has 132 valence electrons. The number of nitrogens with zero attached hydrogens (tertiary/aromatic N) is 2. The van der Waals surface area contributed by atoms with Gasteiger partial charge in [-0.25, -0.2) is 9.78 Å². The fourth-order valence-corrected chi connectivity index (χ4v) is 4.57. The Morgan fingerprint density at radius 2 is 2.12 bits per heavy atom. The van der Waals surface area contributed by atoms with Gasteiger partial charge >= 0.3 is 6.09 Å². The lowest BCUT2D eigenvalue weighted by Crippen LogP contribution is -2.35. The minimum absolute atomic E-state index is 0.252. The van der Waals surface area contributed by atoms with Crippen molar-refractivity contribution in [1.29, 1.82) is 0 Å².